The molecule has 0 saturated heterocycles. The molecule has 0 heterocycles. The summed E-state index contributed by atoms with van der Waals surface area (Å²) in [5.41, 5.74) is 0. The van der Waals surface area contributed by atoms with Gasteiger partial charge in [0, 0.05) is 19.3 Å². The van der Waals surface area contributed by atoms with Crippen molar-refractivity contribution in [3.63, 3.8) is 0 Å². The fourth-order valence-corrected chi connectivity index (χ4v) is 7.96. The molecule has 0 unspecified atom stereocenters. The molecule has 382 valence electrons. The number of rotatable bonds is 51. The molecular weight excluding hydrogens is 817 g/mol. The second-order valence-corrected chi connectivity index (χ2v) is 18.8. The van der Waals surface area contributed by atoms with Crippen LogP contribution in [0, 0.1) is 0 Å². The molecule has 6 heteroatoms. The first kappa shape index (κ1) is 63.1. The molecule has 6 nitrogen and oxygen atoms in total. The molecule has 0 aliphatic heterocycles. The van der Waals surface area contributed by atoms with Gasteiger partial charge in [0.1, 0.15) is 13.2 Å². The molecule has 0 amide bonds. The van der Waals surface area contributed by atoms with Gasteiger partial charge >= 0.3 is 17.9 Å². The maximum Gasteiger partial charge on any atom is 0.306 e. The van der Waals surface area contributed by atoms with Crippen LogP contribution < -0.4 is 0 Å². The minimum absolute atomic E-state index is 0.0931. The molecule has 0 fully saturated rings. The van der Waals surface area contributed by atoms with E-state index in [-0.39, 0.29) is 37.5 Å². The lowest BCUT2D eigenvalue weighted by molar-refractivity contribution is -0.167. The van der Waals surface area contributed by atoms with Crippen molar-refractivity contribution in [2.75, 3.05) is 13.2 Å². The molecular formula is C60H106O6. The average molecular weight is 924 g/mol. The molecule has 0 saturated carbocycles. The van der Waals surface area contributed by atoms with Crippen LogP contribution in [0.3, 0.4) is 0 Å². The van der Waals surface area contributed by atoms with E-state index in [4.69, 9.17) is 14.2 Å². The smallest absolute Gasteiger partial charge is 0.306 e. The van der Waals surface area contributed by atoms with Gasteiger partial charge in [-0.05, 0) is 83.5 Å². The quantitative estimate of drug-likeness (QED) is 0.0262. The summed E-state index contributed by atoms with van der Waals surface area (Å²) < 4.78 is 16.8. The number of hydrogen-bond donors (Lipinski definition) is 0. The third-order valence-corrected chi connectivity index (χ3v) is 12.2. The van der Waals surface area contributed by atoms with Crippen molar-refractivity contribution < 1.29 is 28.6 Å². The lowest BCUT2D eigenvalue weighted by atomic mass is 10.0. The highest BCUT2D eigenvalue weighted by Crippen LogP contribution is 2.16. The largest absolute Gasteiger partial charge is 0.462 e. The fourth-order valence-electron chi connectivity index (χ4n) is 7.96. The van der Waals surface area contributed by atoms with Gasteiger partial charge < -0.3 is 14.2 Å². The van der Waals surface area contributed by atoms with Gasteiger partial charge in [-0.3, -0.25) is 14.4 Å². The van der Waals surface area contributed by atoms with E-state index in [1.54, 1.807) is 0 Å². The number of carbonyl (C=O) groups is 3. The van der Waals surface area contributed by atoms with Crippen molar-refractivity contribution in [2.45, 2.75) is 290 Å². The average Bonchev–Trinajstić information content (AvgIpc) is 3.31. The predicted molar refractivity (Wildman–Crippen MR) is 284 cm³/mol. The third-order valence-electron chi connectivity index (χ3n) is 12.2. The Morgan fingerprint density at radius 1 is 0.303 bits per heavy atom. The highest BCUT2D eigenvalue weighted by Gasteiger charge is 2.19. The van der Waals surface area contributed by atoms with Crippen molar-refractivity contribution in [3.8, 4) is 0 Å². The second-order valence-electron chi connectivity index (χ2n) is 18.8. The van der Waals surface area contributed by atoms with Crippen LogP contribution in [0.2, 0.25) is 0 Å². The van der Waals surface area contributed by atoms with Gasteiger partial charge in [0.15, 0.2) is 6.10 Å². The summed E-state index contributed by atoms with van der Waals surface area (Å²) in [5.74, 6) is -0.948. The Bertz CT molecular complexity index is 1200. The van der Waals surface area contributed by atoms with E-state index < -0.39 is 6.10 Å². The van der Waals surface area contributed by atoms with Crippen molar-refractivity contribution in [1.82, 2.24) is 0 Å². The molecule has 0 aliphatic rings. The van der Waals surface area contributed by atoms with E-state index in [9.17, 15) is 14.4 Å². The van der Waals surface area contributed by atoms with E-state index in [1.165, 1.54) is 167 Å². The van der Waals surface area contributed by atoms with Crippen LogP contribution in [0.5, 0.6) is 0 Å². The Morgan fingerprint density at radius 2 is 0.561 bits per heavy atom. The van der Waals surface area contributed by atoms with Gasteiger partial charge in [0.2, 0.25) is 0 Å². The van der Waals surface area contributed by atoms with Crippen LogP contribution >= 0.6 is 0 Å². The van der Waals surface area contributed by atoms with Gasteiger partial charge in [-0.1, -0.05) is 242 Å². The molecule has 1 atom stereocenters. The fraction of sp³-hybridized carbons (Fsp3) is 0.783. The van der Waals surface area contributed by atoms with E-state index in [2.05, 4.69) is 81.5 Å². The maximum atomic E-state index is 12.8. The lowest BCUT2D eigenvalue weighted by Crippen LogP contribution is -2.30. The highest BCUT2D eigenvalue weighted by molar-refractivity contribution is 5.71. The molecule has 0 radical (unpaired) electrons. The number of allylic oxidation sites excluding steroid dienone is 10. The number of unbranched alkanes of at least 4 members (excludes halogenated alkanes) is 30. The van der Waals surface area contributed by atoms with Gasteiger partial charge in [-0.2, -0.15) is 0 Å². The molecule has 0 aromatic rings. The first-order valence-electron chi connectivity index (χ1n) is 28.3. The third kappa shape index (κ3) is 52.1. The van der Waals surface area contributed by atoms with Gasteiger partial charge in [-0.15, -0.1) is 0 Å². The summed E-state index contributed by atoms with van der Waals surface area (Å²) in [4.78, 5) is 38.1. The van der Waals surface area contributed by atoms with Crippen molar-refractivity contribution in [1.29, 1.82) is 0 Å². The van der Waals surface area contributed by atoms with E-state index in [0.717, 1.165) is 70.6 Å². The summed E-state index contributed by atoms with van der Waals surface area (Å²) in [5, 5.41) is 0. The zero-order chi connectivity index (χ0) is 47.9. The topological polar surface area (TPSA) is 78.9 Å². The standard InChI is InChI=1S/C60H106O6/c1-4-7-10-13-16-19-22-25-28-30-33-35-38-41-44-47-50-53-59(62)65-56-57(55-64-58(61)52-49-46-43-40-37-34-31-27-24-21-18-15-12-9-6-3)66-60(63)54-51-48-45-42-39-36-32-29-26-23-20-17-14-11-8-5-2/h16,19,25,27-28,31,33,35,41,44,57H,4-15,17-18,20-24,26,29-30,32,34,36-40,42-43,45-56H2,1-3H3/b19-16-,28-25-,31-27-,35-33-,44-41-/t57-/m1/s1. The molecule has 0 aromatic carbocycles. The summed E-state index contributed by atoms with van der Waals surface area (Å²) >= 11 is 0. The van der Waals surface area contributed by atoms with Gasteiger partial charge in [0.05, 0.1) is 0 Å². The van der Waals surface area contributed by atoms with Crippen LogP contribution in [0.25, 0.3) is 0 Å². The summed E-state index contributed by atoms with van der Waals surface area (Å²) in [6, 6.07) is 0. The van der Waals surface area contributed by atoms with Crippen LogP contribution in [-0.2, 0) is 28.6 Å². The Hall–Kier alpha value is -2.89. The highest BCUT2D eigenvalue weighted by atomic mass is 16.6. The lowest BCUT2D eigenvalue weighted by Gasteiger charge is -2.18. The molecule has 0 rings (SSSR count). The Balaban J connectivity index is 4.45. The minimum Gasteiger partial charge on any atom is -0.462 e. The minimum atomic E-state index is -0.797. The SMILES string of the molecule is CCCCC/C=C\C/C=C\C/C=C\C/C=C\CCCC(=O)OC[C@@H](COC(=O)CCCCCCC/C=C\CCCCCCCC)OC(=O)CCCCCCCCCCCCCCCCCC. The van der Waals surface area contributed by atoms with Crippen LogP contribution in [0.4, 0.5) is 0 Å². The van der Waals surface area contributed by atoms with Crippen LogP contribution in [-0.4, -0.2) is 37.2 Å². The van der Waals surface area contributed by atoms with Crippen molar-refractivity contribution >= 4 is 17.9 Å². The Morgan fingerprint density at radius 3 is 0.955 bits per heavy atom. The first-order valence-corrected chi connectivity index (χ1v) is 28.3. The van der Waals surface area contributed by atoms with E-state index in [0.29, 0.717) is 19.3 Å². The summed E-state index contributed by atoms with van der Waals surface area (Å²) in [6.07, 6.45) is 67.8. The molecule has 0 bridgehead atoms. The summed E-state index contributed by atoms with van der Waals surface area (Å²) in [6.45, 7) is 6.58. The normalized spacial score (nSPS) is 12.5. The second kappa shape index (κ2) is 54.7. The van der Waals surface area contributed by atoms with Gasteiger partial charge in [0.25, 0.3) is 0 Å². The molecule has 66 heavy (non-hydrogen) atoms. The molecule has 0 aliphatic carbocycles. The zero-order valence-corrected chi connectivity index (χ0v) is 43.7. The Labute approximate surface area is 409 Å². The summed E-state index contributed by atoms with van der Waals surface area (Å²) in [7, 11) is 0. The number of carbonyl (C=O) groups excluding carboxylic acids is 3. The molecule has 0 spiro atoms. The monoisotopic (exact) mass is 923 g/mol. The number of hydrogen-bond acceptors (Lipinski definition) is 6. The van der Waals surface area contributed by atoms with E-state index in [1.807, 2.05) is 0 Å². The maximum absolute atomic E-state index is 12.8. The molecule has 0 N–H and O–H groups in total. The predicted octanol–water partition coefficient (Wildman–Crippen LogP) is 18.8. The van der Waals surface area contributed by atoms with Crippen LogP contribution in [0.15, 0.2) is 60.8 Å². The molecule has 0 aromatic heterocycles. The number of ether oxygens (including phenoxy) is 3. The van der Waals surface area contributed by atoms with Gasteiger partial charge in [-0.25, -0.2) is 0 Å². The number of esters is 3. The van der Waals surface area contributed by atoms with Crippen LogP contribution in [0.1, 0.15) is 284 Å². The first-order chi connectivity index (χ1) is 32.5. The van der Waals surface area contributed by atoms with Crippen molar-refractivity contribution in [2.24, 2.45) is 0 Å². The van der Waals surface area contributed by atoms with E-state index >= 15 is 0 Å². The zero-order valence-electron chi connectivity index (χ0n) is 43.7. The Kier molecular flexibility index (Phi) is 52.3. The van der Waals surface area contributed by atoms with Crippen molar-refractivity contribution in [3.05, 3.63) is 60.8 Å².